The number of hydrogen-bond donors (Lipinski definition) is 1. The largest absolute Gasteiger partial charge is 0.465 e. The Kier molecular flexibility index (Phi) is 4.29. The van der Waals surface area contributed by atoms with Gasteiger partial charge in [0.2, 0.25) is 0 Å². The topological polar surface area (TPSA) is 57.6 Å². The Morgan fingerprint density at radius 2 is 1.73 bits per heavy atom. The van der Waals surface area contributed by atoms with E-state index in [2.05, 4.69) is 5.92 Å². The van der Waals surface area contributed by atoms with E-state index < -0.39 is 21.3 Å². The highest BCUT2D eigenvalue weighted by molar-refractivity contribution is 6.76. The van der Waals surface area contributed by atoms with Gasteiger partial charge in [-0.3, -0.25) is 4.79 Å². The van der Waals surface area contributed by atoms with Gasteiger partial charge in [0.05, 0.1) is 0 Å². The summed E-state index contributed by atoms with van der Waals surface area (Å²) in [5, 5.41) is 8.81. The van der Waals surface area contributed by atoms with E-state index >= 15 is 0 Å². The molecule has 1 N–H and O–H groups in total. The number of alkyl halides is 3. The van der Waals surface area contributed by atoms with E-state index in [1.807, 2.05) is 0 Å². The van der Waals surface area contributed by atoms with Crippen LogP contribution in [0.4, 0.5) is 4.79 Å². The molecule has 0 rings (SSSR count). The van der Waals surface area contributed by atoms with Gasteiger partial charge in [0.15, 0.2) is 0 Å². The second-order valence-electron chi connectivity index (χ2n) is 3.12. The average Bonchev–Trinajstić information content (AvgIpc) is 2.01. The van der Waals surface area contributed by atoms with Gasteiger partial charge in [0, 0.05) is 0 Å². The molecule has 0 aliphatic rings. The molecule has 0 saturated carbocycles. The Hall–Kier alpha value is -0.630. The molecule has 0 fully saturated rings. The van der Waals surface area contributed by atoms with Gasteiger partial charge in [0.1, 0.15) is 5.54 Å². The molecule has 2 amide bonds. The number of nitrogens with zero attached hydrogens (tertiary/aromatic N) is 1. The fourth-order valence-corrected chi connectivity index (χ4v) is 1.02. The normalized spacial score (nSPS) is 11.7. The lowest BCUT2D eigenvalue weighted by atomic mass is 10.1. The van der Waals surface area contributed by atoms with Crippen molar-refractivity contribution in [2.75, 3.05) is 0 Å². The molecule has 0 aliphatic heterocycles. The molecule has 0 heterocycles. The molecule has 0 aromatic rings. The standard InChI is InChI=1S/C8H8Cl3NO3/c1-4-7(2,3)12(6(14)15)5(13)8(9,10)11/h1H,2-3H3,(H,14,15). The van der Waals surface area contributed by atoms with Crippen LogP contribution < -0.4 is 0 Å². The zero-order chi connectivity index (χ0) is 12.4. The van der Waals surface area contributed by atoms with E-state index in [1.54, 1.807) is 0 Å². The molecular weight excluding hydrogens is 264 g/mol. The summed E-state index contributed by atoms with van der Waals surface area (Å²) in [5.41, 5.74) is -1.38. The number of carboxylic acid groups (broad SMARTS) is 1. The molecule has 4 nitrogen and oxygen atoms in total. The third kappa shape index (κ3) is 3.45. The van der Waals surface area contributed by atoms with Gasteiger partial charge in [-0.15, -0.1) is 6.42 Å². The minimum absolute atomic E-state index is 0.306. The van der Waals surface area contributed by atoms with Crippen molar-refractivity contribution in [3.05, 3.63) is 0 Å². The summed E-state index contributed by atoms with van der Waals surface area (Å²) >= 11 is 15.9. The summed E-state index contributed by atoms with van der Waals surface area (Å²) in [6.45, 7) is 2.69. The molecule has 0 unspecified atom stereocenters. The maximum atomic E-state index is 11.5. The highest BCUT2D eigenvalue weighted by Gasteiger charge is 2.44. The second kappa shape index (κ2) is 4.48. The monoisotopic (exact) mass is 271 g/mol. The van der Waals surface area contributed by atoms with E-state index in [9.17, 15) is 9.59 Å². The van der Waals surface area contributed by atoms with Crippen molar-refractivity contribution in [3.63, 3.8) is 0 Å². The highest BCUT2D eigenvalue weighted by atomic mass is 35.6. The van der Waals surface area contributed by atoms with Crippen LogP contribution in [-0.4, -0.2) is 31.3 Å². The Balaban J connectivity index is 5.30. The number of carbonyl (C=O) groups is 2. The lowest BCUT2D eigenvalue weighted by Crippen LogP contribution is -2.53. The second-order valence-corrected chi connectivity index (χ2v) is 5.41. The maximum absolute atomic E-state index is 11.5. The van der Waals surface area contributed by atoms with Crippen LogP contribution in [0.15, 0.2) is 0 Å². The summed E-state index contributed by atoms with van der Waals surface area (Å²) in [7, 11) is 0. The van der Waals surface area contributed by atoms with E-state index in [1.165, 1.54) is 13.8 Å². The van der Waals surface area contributed by atoms with Crippen LogP contribution >= 0.6 is 34.8 Å². The molecular formula is C8H8Cl3NO3. The van der Waals surface area contributed by atoms with Crippen molar-refractivity contribution in [2.24, 2.45) is 0 Å². The molecule has 0 radical (unpaired) electrons. The van der Waals surface area contributed by atoms with Crippen molar-refractivity contribution < 1.29 is 14.7 Å². The number of terminal acetylenes is 1. The third-order valence-electron chi connectivity index (χ3n) is 1.55. The van der Waals surface area contributed by atoms with Crippen LogP contribution in [-0.2, 0) is 4.79 Å². The summed E-state index contributed by atoms with van der Waals surface area (Å²) < 4.78 is -2.35. The molecule has 0 atom stereocenters. The first-order chi connectivity index (χ1) is 6.54. The van der Waals surface area contributed by atoms with Crippen molar-refractivity contribution in [2.45, 2.75) is 23.2 Å². The van der Waals surface area contributed by atoms with Crippen LogP contribution in [0.25, 0.3) is 0 Å². The van der Waals surface area contributed by atoms with Crippen LogP contribution in [0.2, 0.25) is 0 Å². The minimum Gasteiger partial charge on any atom is -0.465 e. The fraction of sp³-hybridized carbons (Fsp3) is 0.500. The SMILES string of the molecule is C#CC(C)(C)N(C(=O)O)C(=O)C(Cl)(Cl)Cl. The van der Waals surface area contributed by atoms with Gasteiger partial charge in [-0.2, -0.15) is 0 Å². The molecule has 0 spiro atoms. The Morgan fingerprint density at radius 1 is 1.33 bits per heavy atom. The number of rotatable bonds is 1. The van der Waals surface area contributed by atoms with E-state index in [4.69, 9.17) is 46.3 Å². The molecule has 0 bridgehead atoms. The smallest absolute Gasteiger partial charge is 0.415 e. The number of imide groups is 1. The molecule has 0 aromatic heterocycles. The zero-order valence-electron chi connectivity index (χ0n) is 7.92. The van der Waals surface area contributed by atoms with Gasteiger partial charge in [-0.1, -0.05) is 40.7 Å². The molecule has 84 valence electrons. The molecule has 0 saturated heterocycles. The Bertz CT molecular complexity index is 327. The maximum Gasteiger partial charge on any atom is 0.415 e. The van der Waals surface area contributed by atoms with Crippen LogP contribution in [0.3, 0.4) is 0 Å². The molecule has 15 heavy (non-hydrogen) atoms. The van der Waals surface area contributed by atoms with Crippen LogP contribution in [0.1, 0.15) is 13.8 Å². The van der Waals surface area contributed by atoms with Crippen molar-refractivity contribution in [3.8, 4) is 12.3 Å². The summed E-state index contributed by atoms with van der Waals surface area (Å²) in [4.78, 5) is 22.6. The zero-order valence-corrected chi connectivity index (χ0v) is 10.2. The average molecular weight is 273 g/mol. The van der Waals surface area contributed by atoms with Gasteiger partial charge in [0.25, 0.3) is 9.70 Å². The van der Waals surface area contributed by atoms with Gasteiger partial charge >= 0.3 is 6.09 Å². The first-order valence-electron chi connectivity index (χ1n) is 3.66. The van der Waals surface area contributed by atoms with E-state index in [0.717, 1.165) is 0 Å². The van der Waals surface area contributed by atoms with Crippen molar-refractivity contribution in [1.82, 2.24) is 4.90 Å². The van der Waals surface area contributed by atoms with Crippen LogP contribution in [0.5, 0.6) is 0 Å². The van der Waals surface area contributed by atoms with Gasteiger partial charge in [-0.05, 0) is 13.8 Å². The highest BCUT2D eigenvalue weighted by Crippen LogP contribution is 2.31. The molecule has 0 aromatic carbocycles. The van der Waals surface area contributed by atoms with E-state index in [0.29, 0.717) is 4.90 Å². The number of carbonyl (C=O) groups excluding carboxylic acids is 1. The summed E-state index contributed by atoms with van der Waals surface area (Å²) in [5.74, 6) is 0.918. The quantitative estimate of drug-likeness (QED) is 0.588. The third-order valence-corrected chi connectivity index (χ3v) is 2.03. The van der Waals surface area contributed by atoms with Crippen LogP contribution in [0, 0.1) is 12.3 Å². The lowest BCUT2D eigenvalue weighted by molar-refractivity contribution is -0.131. The summed E-state index contributed by atoms with van der Waals surface area (Å²) in [6, 6.07) is 0. The predicted octanol–water partition coefficient (Wildman–Crippen LogP) is 2.27. The predicted molar refractivity (Wildman–Crippen MR) is 58.1 cm³/mol. The minimum atomic E-state index is -2.35. The molecule has 7 heteroatoms. The Morgan fingerprint density at radius 3 is 1.93 bits per heavy atom. The summed E-state index contributed by atoms with van der Waals surface area (Å²) in [6.07, 6.45) is 3.51. The number of amides is 2. The molecule has 0 aliphatic carbocycles. The van der Waals surface area contributed by atoms with Crippen molar-refractivity contribution >= 4 is 46.8 Å². The van der Waals surface area contributed by atoms with E-state index in [-0.39, 0.29) is 0 Å². The number of halogens is 3. The van der Waals surface area contributed by atoms with Gasteiger partial charge < -0.3 is 5.11 Å². The first kappa shape index (κ1) is 14.4. The number of hydrogen-bond acceptors (Lipinski definition) is 2. The first-order valence-corrected chi connectivity index (χ1v) is 4.79. The fourth-order valence-electron chi connectivity index (χ4n) is 0.771. The Labute approximate surface area is 102 Å². The van der Waals surface area contributed by atoms with Crippen molar-refractivity contribution in [1.29, 1.82) is 0 Å². The lowest BCUT2D eigenvalue weighted by Gasteiger charge is -2.31. The van der Waals surface area contributed by atoms with Gasteiger partial charge in [-0.25, -0.2) is 9.69 Å².